The van der Waals surface area contributed by atoms with E-state index in [4.69, 9.17) is 0 Å². The number of nitrogens with one attached hydrogen (secondary N) is 1. The van der Waals surface area contributed by atoms with Gasteiger partial charge in [-0.05, 0) is 94.1 Å². The van der Waals surface area contributed by atoms with Crippen LogP contribution in [0.3, 0.4) is 0 Å². The van der Waals surface area contributed by atoms with Gasteiger partial charge in [0, 0.05) is 18.5 Å². The highest BCUT2D eigenvalue weighted by Crippen LogP contribution is 2.29. The maximum absolute atomic E-state index is 14.6. The molecular formula is C37H42FN3O4S. The second-order valence-electron chi connectivity index (χ2n) is 12.7. The molecule has 4 aromatic rings. The van der Waals surface area contributed by atoms with Crippen LogP contribution in [0.1, 0.15) is 48.6 Å². The lowest BCUT2D eigenvalue weighted by Crippen LogP contribution is -2.56. The first kappa shape index (κ1) is 34.4. The highest BCUT2D eigenvalue weighted by molar-refractivity contribution is 7.92. The minimum Gasteiger partial charge on any atom is -0.350 e. The Kier molecular flexibility index (Phi) is 10.7. The summed E-state index contributed by atoms with van der Waals surface area (Å²) < 4.78 is 43.6. The van der Waals surface area contributed by atoms with E-state index in [-0.39, 0.29) is 23.8 Å². The van der Waals surface area contributed by atoms with Crippen molar-refractivity contribution in [1.29, 1.82) is 0 Å². The third kappa shape index (κ3) is 8.81. The lowest BCUT2D eigenvalue weighted by molar-refractivity contribution is -0.140. The van der Waals surface area contributed by atoms with Crippen LogP contribution in [0.15, 0.2) is 102 Å². The minimum atomic E-state index is -4.22. The summed E-state index contributed by atoms with van der Waals surface area (Å²) in [6.45, 7) is 10.5. The van der Waals surface area contributed by atoms with E-state index in [1.54, 1.807) is 37.3 Å². The molecule has 242 valence electrons. The van der Waals surface area contributed by atoms with Crippen LogP contribution in [0, 0.1) is 26.6 Å². The van der Waals surface area contributed by atoms with Crippen molar-refractivity contribution in [2.45, 2.75) is 71.0 Å². The van der Waals surface area contributed by atoms with E-state index >= 15 is 0 Å². The highest BCUT2D eigenvalue weighted by atomic mass is 32.2. The molecule has 0 radical (unpaired) electrons. The number of nitrogens with zero attached hydrogens (tertiary/aromatic N) is 2. The van der Waals surface area contributed by atoms with Gasteiger partial charge in [-0.25, -0.2) is 12.8 Å². The highest BCUT2D eigenvalue weighted by Gasteiger charge is 2.36. The van der Waals surface area contributed by atoms with Crippen LogP contribution in [0.2, 0.25) is 0 Å². The predicted molar refractivity (Wildman–Crippen MR) is 180 cm³/mol. The van der Waals surface area contributed by atoms with Crippen molar-refractivity contribution >= 4 is 27.5 Å². The van der Waals surface area contributed by atoms with E-state index < -0.39 is 39.9 Å². The quantitative estimate of drug-likeness (QED) is 0.202. The van der Waals surface area contributed by atoms with Gasteiger partial charge in [0.15, 0.2) is 0 Å². The molecule has 9 heteroatoms. The van der Waals surface area contributed by atoms with Crippen LogP contribution >= 0.6 is 0 Å². The second kappa shape index (κ2) is 14.3. The van der Waals surface area contributed by atoms with Gasteiger partial charge in [-0.15, -0.1) is 0 Å². The molecule has 46 heavy (non-hydrogen) atoms. The number of hydrogen-bond acceptors (Lipinski definition) is 4. The van der Waals surface area contributed by atoms with Crippen molar-refractivity contribution in [3.05, 3.63) is 131 Å². The third-order valence-corrected chi connectivity index (χ3v) is 9.33. The summed E-state index contributed by atoms with van der Waals surface area (Å²) in [5.74, 6) is -1.39. The summed E-state index contributed by atoms with van der Waals surface area (Å²) in [7, 11) is -4.22. The van der Waals surface area contributed by atoms with Crippen molar-refractivity contribution in [3.63, 3.8) is 0 Å². The maximum Gasteiger partial charge on any atom is 0.264 e. The van der Waals surface area contributed by atoms with Gasteiger partial charge in [-0.1, -0.05) is 72.3 Å². The molecule has 1 unspecified atom stereocenters. The van der Waals surface area contributed by atoms with E-state index in [1.165, 1.54) is 29.2 Å². The second-order valence-corrected chi connectivity index (χ2v) is 14.6. The zero-order chi connectivity index (χ0) is 33.6. The first-order valence-corrected chi connectivity index (χ1v) is 16.6. The van der Waals surface area contributed by atoms with Crippen molar-refractivity contribution < 1.29 is 22.4 Å². The van der Waals surface area contributed by atoms with Crippen LogP contribution < -0.4 is 9.62 Å². The summed E-state index contributed by atoms with van der Waals surface area (Å²) in [4.78, 5) is 30.0. The molecule has 4 rings (SSSR count). The number of sulfonamides is 1. The molecule has 0 aliphatic heterocycles. The zero-order valence-corrected chi connectivity index (χ0v) is 28.1. The average molecular weight is 644 g/mol. The molecule has 0 aromatic heterocycles. The maximum atomic E-state index is 14.6. The van der Waals surface area contributed by atoms with Gasteiger partial charge in [0.05, 0.1) is 10.6 Å². The molecule has 0 heterocycles. The smallest absolute Gasteiger partial charge is 0.264 e. The average Bonchev–Trinajstić information content (AvgIpc) is 2.99. The summed E-state index contributed by atoms with van der Waals surface area (Å²) in [5.41, 5.74) is 3.58. The van der Waals surface area contributed by atoms with E-state index in [0.717, 1.165) is 21.0 Å². The van der Waals surface area contributed by atoms with Gasteiger partial charge in [-0.3, -0.25) is 13.9 Å². The molecular weight excluding hydrogens is 601 g/mol. The number of aryl methyl sites for hydroxylation is 3. The van der Waals surface area contributed by atoms with Gasteiger partial charge in [0.25, 0.3) is 10.0 Å². The Labute approximate surface area is 272 Å². The number of benzene rings is 4. The molecule has 0 saturated heterocycles. The van der Waals surface area contributed by atoms with Crippen molar-refractivity contribution in [1.82, 2.24) is 10.2 Å². The number of anilines is 1. The molecule has 0 bridgehead atoms. The number of carbonyl (C=O) groups excluding carboxylic acids is 2. The van der Waals surface area contributed by atoms with E-state index in [1.807, 2.05) is 77.1 Å². The lowest BCUT2D eigenvalue weighted by atomic mass is 10.0. The Balaban J connectivity index is 1.84. The van der Waals surface area contributed by atoms with Crippen LogP contribution in [0.5, 0.6) is 0 Å². The van der Waals surface area contributed by atoms with Gasteiger partial charge in [0.1, 0.15) is 18.4 Å². The summed E-state index contributed by atoms with van der Waals surface area (Å²) in [6.07, 6.45) is 0.184. The standard InChI is InChI=1S/C37H42FN3O4S/c1-26-13-20-32(21-14-26)46(44,45)41(33-22-27(2)12-15-28(33)3)25-35(42)40(24-30-16-18-31(38)19-17-30)34(36(43)39-37(4,5)6)23-29-10-8-7-9-11-29/h7-22,34H,23-25H2,1-6H3,(H,39,43). The number of halogens is 1. The van der Waals surface area contributed by atoms with Crippen molar-refractivity contribution in [3.8, 4) is 0 Å². The monoisotopic (exact) mass is 643 g/mol. The van der Waals surface area contributed by atoms with Gasteiger partial charge in [-0.2, -0.15) is 0 Å². The predicted octanol–water partition coefficient (Wildman–Crippen LogP) is 6.50. The number of hydrogen-bond donors (Lipinski definition) is 1. The molecule has 0 spiro atoms. The molecule has 0 fully saturated rings. The molecule has 7 nitrogen and oxygen atoms in total. The third-order valence-electron chi connectivity index (χ3n) is 7.56. The number of carbonyl (C=O) groups is 2. The van der Waals surface area contributed by atoms with Gasteiger partial charge < -0.3 is 10.2 Å². The van der Waals surface area contributed by atoms with E-state index in [0.29, 0.717) is 16.8 Å². The Morgan fingerprint density at radius 1 is 0.804 bits per heavy atom. The van der Waals surface area contributed by atoms with Crippen molar-refractivity contribution in [2.24, 2.45) is 0 Å². The lowest BCUT2D eigenvalue weighted by Gasteiger charge is -2.35. The molecule has 1 atom stereocenters. The Morgan fingerprint density at radius 2 is 1.41 bits per heavy atom. The molecule has 0 saturated carbocycles. The Bertz CT molecular complexity index is 1770. The minimum absolute atomic E-state index is 0.0423. The Hall–Kier alpha value is -4.50. The van der Waals surface area contributed by atoms with Crippen LogP contribution in [0.25, 0.3) is 0 Å². The van der Waals surface area contributed by atoms with Crippen LogP contribution in [0.4, 0.5) is 10.1 Å². The summed E-state index contributed by atoms with van der Waals surface area (Å²) >= 11 is 0. The number of rotatable bonds is 11. The topological polar surface area (TPSA) is 86.8 Å². The Morgan fingerprint density at radius 3 is 2.02 bits per heavy atom. The van der Waals surface area contributed by atoms with E-state index in [2.05, 4.69) is 5.32 Å². The molecule has 2 amide bonds. The first-order valence-electron chi connectivity index (χ1n) is 15.2. The van der Waals surface area contributed by atoms with Gasteiger partial charge in [0.2, 0.25) is 11.8 Å². The number of amides is 2. The van der Waals surface area contributed by atoms with Crippen LogP contribution in [-0.4, -0.2) is 43.3 Å². The molecule has 1 N–H and O–H groups in total. The molecule has 0 aliphatic rings. The fourth-order valence-corrected chi connectivity index (χ4v) is 6.60. The largest absolute Gasteiger partial charge is 0.350 e. The van der Waals surface area contributed by atoms with Crippen molar-refractivity contribution in [2.75, 3.05) is 10.8 Å². The van der Waals surface area contributed by atoms with Crippen LogP contribution in [-0.2, 0) is 32.6 Å². The molecule has 0 aliphatic carbocycles. The SMILES string of the molecule is Cc1ccc(S(=O)(=O)N(CC(=O)N(Cc2ccc(F)cc2)C(Cc2ccccc2)C(=O)NC(C)(C)C)c2cc(C)ccc2C)cc1. The molecule has 4 aromatic carbocycles. The summed E-state index contributed by atoms with van der Waals surface area (Å²) in [6, 6.07) is 26.0. The zero-order valence-electron chi connectivity index (χ0n) is 27.2. The van der Waals surface area contributed by atoms with E-state index in [9.17, 15) is 22.4 Å². The fourth-order valence-electron chi connectivity index (χ4n) is 5.13. The first-order chi connectivity index (χ1) is 21.6. The normalized spacial score (nSPS) is 12.3. The summed E-state index contributed by atoms with van der Waals surface area (Å²) in [5, 5.41) is 3.01. The van der Waals surface area contributed by atoms with Gasteiger partial charge >= 0.3 is 0 Å². The fraction of sp³-hybridized carbons (Fsp3) is 0.297.